The Hall–Kier alpha value is -2.90. The van der Waals surface area contributed by atoms with Gasteiger partial charge >= 0.3 is 0 Å². The lowest BCUT2D eigenvalue weighted by molar-refractivity contribution is -0.131. The molecule has 2 aromatic rings. The normalized spacial score (nSPS) is 15.1. The summed E-state index contributed by atoms with van der Waals surface area (Å²) in [6.07, 6.45) is 2.22. The number of hydrogen-bond donors (Lipinski definition) is 0. The molecule has 2 amide bonds. The highest BCUT2D eigenvalue weighted by molar-refractivity contribution is 5.91. The second-order valence-corrected chi connectivity index (χ2v) is 6.60. The molecule has 1 aromatic carbocycles. The molecular weight excluding hydrogens is 346 g/mol. The summed E-state index contributed by atoms with van der Waals surface area (Å²) in [5, 5.41) is 7.84. The summed E-state index contributed by atoms with van der Waals surface area (Å²) in [5.74, 6) is 0.592. The lowest BCUT2D eigenvalue weighted by Crippen LogP contribution is -2.36. The van der Waals surface area contributed by atoms with E-state index in [9.17, 15) is 9.59 Å². The molecule has 27 heavy (non-hydrogen) atoms. The van der Waals surface area contributed by atoms with E-state index in [0.717, 1.165) is 17.7 Å². The van der Waals surface area contributed by atoms with Crippen molar-refractivity contribution in [3.05, 3.63) is 41.7 Å². The average molecular weight is 371 g/mol. The number of rotatable bonds is 7. The van der Waals surface area contributed by atoms with E-state index < -0.39 is 0 Å². The Morgan fingerprint density at radius 2 is 2.00 bits per heavy atom. The second-order valence-electron chi connectivity index (χ2n) is 6.60. The molecule has 1 aliphatic rings. The minimum absolute atomic E-state index is 0.0469. The number of hydrogen-bond acceptors (Lipinski definition) is 5. The van der Waals surface area contributed by atoms with Gasteiger partial charge < -0.3 is 14.5 Å². The van der Waals surface area contributed by atoms with Crippen LogP contribution in [0.25, 0.3) is 0 Å². The fourth-order valence-electron chi connectivity index (χ4n) is 3.23. The molecule has 1 atom stereocenters. The number of aromatic nitrogens is 3. The summed E-state index contributed by atoms with van der Waals surface area (Å²) in [5.41, 5.74) is 1.38. The summed E-state index contributed by atoms with van der Waals surface area (Å²) in [4.78, 5) is 28.1. The highest BCUT2D eigenvalue weighted by Crippen LogP contribution is 2.28. The first kappa shape index (κ1) is 18.9. The minimum Gasteiger partial charge on any atom is -0.488 e. The summed E-state index contributed by atoms with van der Waals surface area (Å²) in [6.45, 7) is 5.67. The third-order valence-corrected chi connectivity index (χ3v) is 4.71. The maximum Gasteiger partial charge on any atom is 0.275 e. The van der Waals surface area contributed by atoms with Crippen molar-refractivity contribution in [2.45, 2.75) is 32.9 Å². The van der Waals surface area contributed by atoms with E-state index in [4.69, 9.17) is 4.74 Å². The van der Waals surface area contributed by atoms with Crippen LogP contribution in [-0.4, -0.2) is 69.4 Å². The van der Waals surface area contributed by atoms with Gasteiger partial charge in [-0.3, -0.25) is 9.59 Å². The molecular formula is C19H25N5O3. The zero-order valence-corrected chi connectivity index (χ0v) is 16.0. The van der Waals surface area contributed by atoms with Crippen molar-refractivity contribution in [1.82, 2.24) is 24.8 Å². The van der Waals surface area contributed by atoms with Gasteiger partial charge in [0.2, 0.25) is 5.91 Å². The lowest BCUT2D eigenvalue weighted by Gasteiger charge is -2.20. The molecule has 1 aliphatic heterocycles. The fraction of sp³-hybridized carbons (Fsp3) is 0.474. The van der Waals surface area contributed by atoms with Crippen LogP contribution in [0, 0.1) is 0 Å². The predicted octanol–water partition coefficient (Wildman–Crippen LogP) is 1.22. The smallest absolute Gasteiger partial charge is 0.275 e. The number of benzene rings is 1. The van der Waals surface area contributed by atoms with E-state index >= 15 is 0 Å². The van der Waals surface area contributed by atoms with E-state index in [1.54, 1.807) is 16.8 Å². The molecule has 8 nitrogen and oxygen atoms in total. The van der Waals surface area contributed by atoms with Gasteiger partial charge in [0.15, 0.2) is 5.69 Å². The molecule has 0 radical (unpaired) electrons. The van der Waals surface area contributed by atoms with Crippen LogP contribution >= 0.6 is 0 Å². The largest absolute Gasteiger partial charge is 0.488 e. The lowest BCUT2D eigenvalue weighted by atomic mass is 10.1. The molecule has 8 heteroatoms. The third kappa shape index (κ3) is 4.27. The maximum atomic E-state index is 12.6. The first-order chi connectivity index (χ1) is 13.0. The highest BCUT2D eigenvalue weighted by atomic mass is 16.5. The Morgan fingerprint density at radius 1 is 1.26 bits per heavy atom. The van der Waals surface area contributed by atoms with E-state index in [2.05, 4.69) is 10.3 Å². The van der Waals surface area contributed by atoms with E-state index in [1.165, 1.54) is 10.9 Å². The Labute approximate surface area is 158 Å². The van der Waals surface area contributed by atoms with Crippen LogP contribution < -0.4 is 4.74 Å². The number of ether oxygens (including phenoxy) is 1. The van der Waals surface area contributed by atoms with E-state index in [-0.39, 0.29) is 30.2 Å². The maximum absolute atomic E-state index is 12.6. The third-order valence-electron chi connectivity index (χ3n) is 4.71. The standard InChI is InChI=1S/C19H25N5O3/c1-4-23(5-2)18(25)13-24-12-16(20-21-24)19(26)22(3)11-15-10-14-8-6-7-9-17(14)27-15/h6-9,12,15H,4-5,10-11,13H2,1-3H3/t15-/m0/s1. The van der Waals surface area contributed by atoms with Crippen molar-refractivity contribution >= 4 is 11.8 Å². The zero-order chi connectivity index (χ0) is 19.4. The summed E-state index contributed by atoms with van der Waals surface area (Å²) < 4.78 is 7.29. The number of likely N-dealkylation sites (N-methyl/N-ethyl adjacent to an activating group) is 2. The number of para-hydroxylation sites is 1. The quantitative estimate of drug-likeness (QED) is 0.731. The van der Waals surface area contributed by atoms with Crippen LogP contribution in [0.15, 0.2) is 30.5 Å². The van der Waals surface area contributed by atoms with Crippen molar-refractivity contribution in [2.24, 2.45) is 0 Å². The summed E-state index contributed by atoms with van der Waals surface area (Å²) in [7, 11) is 1.72. The SMILES string of the molecule is CCN(CC)C(=O)Cn1cc(C(=O)N(C)C[C@@H]2Cc3ccccc3O2)nn1. The topological polar surface area (TPSA) is 80.6 Å². The number of carbonyl (C=O) groups is 2. The van der Waals surface area contributed by atoms with Gasteiger partial charge in [0.1, 0.15) is 18.4 Å². The van der Waals surface area contributed by atoms with Crippen molar-refractivity contribution in [2.75, 3.05) is 26.7 Å². The van der Waals surface area contributed by atoms with Gasteiger partial charge in [0.25, 0.3) is 5.91 Å². The van der Waals surface area contributed by atoms with Gasteiger partial charge in [-0.2, -0.15) is 0 Å². The van der Waals surface area contributed by atoms with Crippen LogP contribution in [0.5, 0.6) is 5.75 Å². The molecule has 144 valence electrons. The molecule has 1 aromatic heterocycles. The molecule has 0 saturated carbocycles. The molecule has 0 fully saturated rings. The Morgan fingerprint density at radius 3 is 2.70 bits per heavy atom. The Kier molecular flexibility index (Phi) is 5.73. The molecule has 0 N–H and O–H groups in total. The van der Waals surface area contributed by atoms with Crippen molar-refractivity contribution < 1.29 is 14.3 Å². The van der Waals surface area contributed by atoms with Gasteiger partial charge in [0, 0.05) is 26.6 Å². The number of nitrogens with zero attached hydrogens (tertiary/aromatic N) is 5. The van der Waals surface area contributed by atoms with E-state index in [0.29, 0.717) is 19.6 Å². The van der Waals surface area contributed by atoms with Crippen molar-refractivity contribution in [3.8, 4) is 5.75 Å². The number of fused-ring (bicyclic) bond motifs is 1. The first-order valence-electron chi connectivity index (χ1n) is 9.19. The highest BCUT2D eigenvalue weighted by Gasteiger charge is 2.26. The fourth-order valence-corrected chi connectivity index (χ4v) is 3.23. The molecule has 0 saturated heterocycles. The van der Waals surface area contributed by atoms with Crippen LogP contribution in [0.4, 0.5) is 0 Å². The van der Waals surface area contributed by atoms with Gasteiger partial charge in [-0.15, -0.1) is 5.10 Å². The van der Waals surface area contributed by atoms with Crippen LogP contribution in [-0.2, 0) is 17.8 Å². The molecule has 0 spiro atoms. The number of carbonyl (C=O) groups excluding carboxylic acids is 2. The second kappa shape index (κ2) is 8.20. The Balaban J connectivity index is 1.57. The van der Waals surface area contributed by atoms with Crippen LogP contribution in [0.2, 0.25) is 0 Å². The van der Waals surface area contributed by atoms with Gasteiger partial charge in [-0.1, -0.05) is 23.4 Å². The summed E-state index contributed by atoms with van der Waals surface area (Å²) >= 11 is 0. The molecule has 0 aliphatic carbocycles. The number of amides is 2. The van der Waals surface area contributed by atoms with Gasteiger partial charge in [-0.05, 0) is 25.5 Å². The Bertz CT molecular complexity index is 790. The van der Waals surface area contributed by atoms with Crippen molar-refractivity contribution in [1.29, 1.82) is 0 Å². The van der Waals surface area contributed by atoms with Crippen LogP contribution in [0.3, 0.4) is 0 Å². The minimum atomic E-state index is -0.240. The first-order valence-corrected chi connectivity index (χ1v) is 9.19. The predicted molar refractivity (Wildman–Crippen MR) is 99.5 cm³/mol. The van der Waals surface area contributed by atoms with Gasteiger partial charge in [-0.25, -0.2) is 4.68 Å². The average Bonchev–Trinajstić information content (AvgIpc) is 3.28. The van der Waals surface area contributed by atoms with Gasteiger partial charge in [0.05, 0.1) is 12.7 Å². The van der Waals surface area contributed by atoms with E-state index in [1.807, 2.05) is 38.1 Å². The van der Waals surface area contributed by atoms with Crippen LogP contribution in [0.1, 0.15) is 29.9 Å². The van der Waals surface area contributed by atoms with Crippen molar-refractivity contribution in [3.63, 3.8) is 0 Å². The molecule has 3 rings (SSSR count). The summed E-state index contributed by atoms with van der Waals surface area (Å²) in [6, 6.07) is 7.90. The monoisotopic (exact) mass is 371 g/mol. The zero-order valence-electron chi connectivity index (χ0n) is 16.0. The molecule has 0 bridgehead atoms. The molecule has 2 heterocycles. The molecule has 0 unspecified atom stereocenters.